The summed E-state index contributed by atoms with van der Waals surface area (Å²) in [5, 5.41) is 13.1. The van der Waals surface area contributed by atoms with E-state index in [1.807, 2.05) is 47.8 Å². The van der Waals surface area contributed by atoms with Crippen LogP contribution in [-0.4, -0.2) is 33.6 Å². The zero-order chi connectivity index (χ0) is 18.4. The van der Waals surface area contributed by atoms with Crippen LogP contribution in [0.15, 0.2) is 67.0 Å². The smallest absolute Gasteiger partial charge is 0.405 e. The predicted molar refractivity (Wildman–Crippen MR) is 97.6 cm³/mol. The van der Waals surface area contributed by atoms with E-state index in [1.54, 1.807) is 24.5 Å². The summed E-state index contributed by atoms with van der Waals surface area (Å²) in [6, 6.07) is 17.0. The van der Waals surface area contributed by atoms with Crippen LogP contribution in [-0.2, 0) is 4.79 Å². The standard InChI is InChI=1S/C19H16N4O3/c24-18(12-21-19(25)26)23-17-6-2-5-16(22-17)15-4-1-3-14(11-15)13-7-9-20-10-8-13/h1-11,21H,12H2,(H,25,26)(H,22,23,24). The fourth-order valence-corrected chi connectivity index (χ4v) is 2.41. The minimum absolute atomic E-state index is 0.335. The summed E-state index contributed by atoms with van der Waals surface area (Å²) in [6.45, 7) is -0.335. The molecule has 1 aromatic carbocycles. The van der Waals surface area contributed by atoms with Gasteiger partial charge in [0, 0.05) is 18.0 Å². The van der Waals surface area contributed by atoms with E-state index in [2.05, 4.69) is 15.3 Å². The molecule has 0 saturated carbocycles. The van der Waals surface area contributed by atoms with Crippen LogP contribution in [0.5, 0.6) is 0 Å². The van der Waals surface area contributed by atoms with Crippen molar-refractivity contribution in [2.45, 2.75) is 0 Å². The number of anilines is 1. The number of nitrogens with zero attached hydrogens (tertiary/aromatic N) is 2. The highest BCUT2D eigenvalue weighted by Gasteiger charge is 2.07. The van der Waals surface area contributed by atoms with Gasteiger partial charge in [0.05, 0.1) is 5.69 Å². The number of benzene rings is 1. The second-order valence-corrected chi connectivity index (χ2v) is 5.43. The number of pyridine rings is 2. The molecule has 3 rings (SSSR count). The average Bonchev–Trinajstić information content (AvgIpc) is 2.67. The number of nitrogens with one attached hydrogen (secondary N) is 2. The first kappa shape index (κ1) is 17.1. The highest BCUT2D eigenvalue weighted by Crippen LogP contribution is 2.25. The number of amides is 2. The van der Waals surface area contributed by atoms with Crippen molar-refractivity contribution >= 4 is 17.8 Å². The highest BCUT2D eigenvalue weighted by atomic mass is 16.4. The third-order valence-electron chi connectivity index (χ3n) is 3.59. The van der Waals surface area contributed by atoms with Crippen molar-refractivity contribution in [2.24, 2.45) is 0 Å². The van der Waals surface area contributed by atoms with Gasteiger partial charge < -0.3 is 15.7 Å². The molecule has 0 aliphatic carbocycles. The van der Waals surface area contributed by atoms with E-state index in [4.69, 9.17) is 5.11 Å². The predicted octanol–water partition coefficient (Wildman–Crippen LogP) is 3.02. The van der Waals surface area contributed by atoms with Crippen molar-refractivity contribution in [2.75, 3.05) is 11.9 Å². The Morgan fingerprint density at radius 2 is 1.65 bits per heavy atom. The quantitative estimate of drug-likeness (QED) is 0.657. The normalized spacial score (nSPS) is 10.2. The number of carbonyl (C=O) groups excluding carboxylic acids is 1. The number of rotatable bonds is 5. The highest BCUT2D eigenvalue weighted by molar-refractivity contribution is 5.93. The molecule has 0 fully saturated rings. The Hall–Kier alpha value is -3.74. The number of aromatic nitrogens is 2. The lowest BCUT2D eigenvalue weighted by atomic mass is 10.0. The number of hydrogen-bond acceptors (Lipinski definition) is 4. The zero-order valence-electron chi connectivity index (χ0n) is 13.7. The van der Waals surface area contributed by atoms with Gasteiger partial charge in [0.2, 0.25) is 5.91 Å². The lowest BCUT2D eigenvalue weighted by Gasteiger charge is -2.08. The van der Waals surface area contributed by atoms with Crippen molar-refractivity contribution < 1.29 is 14.7 Å². The SMILES string of the molecule is O=C(O)NCC(=O)Nc1cccc(-c2cccc(-c3ccncc3)c2)n1. The van der Waals surface area contributed by atoms with E-state index in [-0.39, 0.29) is 6.54 Å². The first-order valence-corrected chi connectivity index (χ1v) is 7.86. The van der Waals surface area contributed by atoms with Gasteiger partial charge in [-0.3, -0.25) is 9.78 Å². The molecule has 0 aliphatic rings. The lowest BCUT2D eigenvalue weighted by Crippen LogP contribution is -2.31. The Morgan fingerprint density at radius 1 is 0.923 bits per heavy atom. The van der Waals surface area contributed by atoms with Crippen LogP contribution in [0, 0.1) is 0 Å². The fourth-order valence-electron chi connectivity index (χ4n) is 2.41. The van der Waals surface area contributed by atoms with Crippen LogP contribution in [0.1, 0.15) is 0 Å². The van der Waals surface area contributed by atoms with Gasteiger partial charge in [0.15, 0.2) is 0 Å². The second kappa shape index (κ2) is 7.89. The molecule has 2 aromatic heterocycles. The molecule has 2 heterocycles. The molecule has 3 aromatic rings. The summed E-state index contributed by atoms with van der Waals surface area (Å²) in [5.74, 6) is -0.128. The minimum atomic E-state index is -1.25. The van der Waals surface area contributed by atoms with E-state index in [1.165, 1.54) is 0 Å². The first-order chi connectivity index (χ1) is 12.6. The largest absolute Gasteiger partial charge is 0.465 e. The number of carboxylic acid groups (broad SMARTS) is 1. The molecule has 7 heteroatoms. The molecule has 0 bridgehead atoms. The first-order valence-electron chi connectivity index (χ1n) is 7.86. The fraction of sp³-hybridized carbons (Fsp3) is 0.0526. The summed E-state index contributed by atoms with van der Waals surface area (Å²) < 4.78 is 0. The summed E-state index contributed by atoms with van der Waals surface area (Å²) >= 11 is 0. The number of carbonyl (C=O) groups is 2. The van der Waals surface area contributed by atoms with E-state index >= 15 is 0 Å². The van der Waals surface area contributed by atoms with Gasteiger partial charge in [0.1, 0.15) is 12.4 Å². The summed E-state index contributed by atoms with van der Waals surface area (Å²) in [5.41, 5.74) is 3.68. The molecule has 0 spiro atoms. The Morgan fingerprint density at radius 3 is 2.42 bits per heavy atom. The summed E-state index contributed by atoms with van der Waals surface area (Å²) in [4.78, 5) is 30.6. The Kier molecular flexibility index (Phi) is 5.19. The maximum Gasteiger partial charge on any atom is 0.405 e. The summed E-state index contributed by atoms with van der Waals surface area (Å²) in [6.07, 6.45) is 2.22. The van der Waals surface area contributed by atoms with Gasteiger partial charge in [-0.15, -0.1) is 0 Å². The molecule has 3 N–H and O–H groups in total. The molecule has 2 amide bonds. The van der Waals surface area contributed by atoms with Crippen LogP contribution < -0.4 is 10.6 Å². The average molecular weight is 348 g/mol. The lowest BCUT2D eigenvalue weighted by molar-refractivity contribution is -0.115. The van der Waals surface area contributed by atoms with Gasteiger partial charge in [-0.2, -0.15) is 0 Å². The third-order valence-corrected chi connectivity index (χ3v) is 3.59. The van der Waals surface area contributed by atoms with Gasteiger partial charge in [0.25, 0.3) is 0 Å². The molecule has 0 unspecified atom stereocenters. The molecule has 0 atom stereocenters. The second-order valence-electron chi connectivity index (χ2n) is 5.43. The van der Waals surface area contributed by atoms with Gasteiger partial charge in [-0.05, 0) is 41.5 Å². The Balaban J connectivity index is 1.80. The maximum absolute atomic E-state index is 11.7. The van der Waals surface area contributed by atoms with Crippen molar-refractivity contribution in [3.8, 4) is 22.4 Å². The minimum Gasteiger partial charge on any atom is -0.465 e. The van der Waals surface area contributed by atoms with E-state index < -0.39 is 12.0 Å². The van der Waals surface area contributed by atoms with Crippen molar-refractivity contribution in [3.05, 3.63) is 67.0 Å². The van der Waals surface area contributed by atoms with Crippen molar-refractivity contribution in [1.82, 2.24) is 15.3 Å². The van der Waals surface area contributed by atoms with E-state index in [0.717, 1.165) is 16.7 Å². The zero-order valence-corrected chi connectivity index (χ0v) is 13.7. The molecule has 0 aliphatic heterocycles. The van der Waals surface area contributed by atoms with Gasteiger partial charge in [-0.25, -0.2) is 9.78 Å². The monoisotopic (exact) mass is 348 g/mol. The van der Waals surface area contributed by atoms with Crippen LogP contribution in [0.3, 0.4) is 0 Å². The Bertz CT molecular complexity index is 929. The molecular formula is C19H16N4O3. The van der Waals surface area contributed by atoms with Gasteiger partial charge in [-0.1, -0.05) is 24.3 Å². The third kappa shape index (κ3) is 4.41. The molecule has 0 saturated heterocycles. The van der Waals surface area contributed by atoms with Crippen LogP contribution in [0.4, 0.5) is 10.6 Å². The van der Waals surface area contributed by atoms with Crippen molar-refractivity contribution in [1.29, 1.82) is 0 Å². The summed E-state index contributed by atoms with van der Waals surface area (Å²) in [7, 11) is 0. The molecule has 0 radical (unpaired) electrons. The van der Waals surface area contributed by atoms with Gasteiger partial charge >= 0.3 is 6.09 Å². The molecule has 26 heavy (non-hydrogen) atoms. The van der Waals surface area contributed by atoms with Crippen LogP contribution in [0.2, 0.25) is 0 Å². The van der Waals surface area contributed by atoms with Crippen LogP contribution in [0.25, 0.3) is 22.4 Å². The maximum atomic E-state index is 11.7. The molecule has 7 nitrogen and oxygen atoms in total. The molecular weight excluding hydrogens is 332 g/mol. The van der Waals surface area contributed by atoms with Crippen LogP contribution >= 0.6 is 0 Å². The topological polar surface area (TPSA) is 104 Å². The van der Waals surface area contributed by atoms with E-state index in [0.29, 0.717) is 11.5 Å². The molecule has 130 valence electrons. The van der Waals surface area contributed by atoms with Crippen molar-refractivity contribution in [3.63, 3.8) is 0 Å². The Labute approximate surface area is 149 Å². The van der Waals surface area contributed by atoms with E-state index in [9.17, 15) is 9.59 Å². The number of hydrogen-bond donors (Lipinski definition) is 3.